The van der Waals surface area contributed by atoms with E-state index in [9.17, 15) is 9.59 Å². The maximum atomic E-state index is 13.4. The van der Waals surface area contributed by atoms with Crippen LogP contribution in [0.4, 0.5) is 5.69 Å². The predicted octanol–water partition coefficient (Wildman–Crippen LogP) is 3.93. The predicted molar refractivity (Wildman–Crippen MR) is 95.8 cm³/mol. The first kappa shape index (κ1) is 13.8. The molecule has 0 radical (unpaired) electrons. The number of nitrogens with zero attached hydrogens (tertiary/aromatic N) is 1. The van der Waals surface area contributed by atoms with Crippen LogP contribution in [0.1, 0.15) is 19.8 Å². The monoisotopic (exact) mass is 329 g/mol. The fourth-order valence-electron chi connectivity index (χ4n) is 6.13. The number of amides is 2. The number of benzene rings is 2. The van der Waals surface area contributed by atoms with Crippen molar-refractivity contribution in [3.63, 3.8) is 0 Å². The second-order valence-corrected chi connectivity index (χ2v) is 8.39. The Balaban J connectivity index is 1.49. The fraction of sp³-hybridized carbons (Fsp3) is 0.364. The maximum absolute atomic E-state index is 13.4. The van der Waals surface area contributed by atoms with E-state index in [2.05, 4.69) is 12.2 Å². The minimum Gasteiger partial charge on any atom is -0.274 e. The first-order valence-corrected chi connectivity index (χ1v) is 9.13. The lowest BCUT2D eigenvalue weighted by Crippen LogP contribution is -2.39. The summed E-state index contributed by atoms with van der Waals surface area (Å²) in [5.41, 5.74) is 0.382. The molecule has 0 aromatic heterocycles. The Labute approximate surface area is 146 Å². The van der Waals surface area contributed by atoms with E-state index in [0.717, 1.165) is 23.6 Å². The van der Waals surface area contributed by atoms with Crippen molar-refractivity contribution >= 4 is 28.3 Å². The van der Waals surface area contributed by atoms with Gasteiger partial charge in [0.1, 0.15) is 0 Å². The molecule has 3 nitrogen and oxygen atoms in total. The first-order chi connectivity index (χ1) is 12.1. The number of carbonyl (C=O) groups excluding carboxylic acids is 2. The van der Waals surface area contributed by atoms with Gasteiger partial charge in [-0.15, -0.1) is 0 Å². The quantitative estimate of drug-likeness (QED) is 0.587. The molecule has 2 aromatic carbocycles. The largest absolute Gasteiger partial charge is 0.274 e. The number of hydrogen-bond acceptors (Lipinski definition) is 2. The highest BCUT2D eigenvalue weighted by atomic mass is 16.2. The molecule has 124 valence electrons. The van der Waals surface area contributed by atoms with Crippen LogP contribution in [0.3, 0.4) is 0 Å². The number of fused-ring (bicyclic) bond motifs is 4. The summed E-state index contributed by atoms with van der Waals surface area (Å²) >= 11 is 0. The normalized spacial score (nSPS) is 36.7. The lowest BCUT2D eigenvalue weighted by Gasteiger charge is -2.29. The summed E-state index contributed by atoms with van der Waals surface area (Å²) in [4.78, 5) is 28.2. The van der Waals surface area contributed by atoms with Crippen LogP contribution in [-0.2, 0) is 9.59 Å². The van der Waals surface area contributed by atoms with Gasteiger partial charge in [0, 0.05) is 0 Å². The van der Waals surface area contributed by atoms with E-state index in [0.29, 0.717) is 5.69 Å². The molecule has 3 heteroatoms. The minimum absolute atomic E-state index is 0.000839. The smallest absolute Gasteiger partial charge is 0.241 e. The van der Waals surface area contributed by atoms with Gasteiger partial charge >= 0.3 is 0 Å². The number of anilines is 1. The summed E-state index contributed by atoms with van der Waals surface area (Å²) in [5, 5.41) is 2.18. The van der Waals surface area contributed by atoms with Crippen LogP contribution in [-0.4, -0.2) is 11.8 Å². The van der Waals surface area contributed by atoms with Crippen molar-refractivity contribution in [3.05, 3.63) is 54.6 Å². The SMILES string of the molecule is C[C@@]12C(=O)N(c3ccc4ccccc4c3)C(=O)[C@H]1[C@H]1C=C[C@H]2C12CC2. The summed E-state index contributed by atoms with van der Waals surface area (Å²) in [6.45, 7) is 2.03. The maximum Gasteiger partial charge on any atom is 0.241 e. The van der Waals surface area contributed by atoms with Gasteiger partial charge in [0.05, 0.1) is 17.0 Å². The van der Waals surface area contributed by atoms with Crippen LogP contribution < -0.4 is 4.90 Å². The third kappa shape index (κ3) is 1.37. The standard InChI is InChI=1S/C22H19NO2/c1-21-17-9-8-16(22(17)10-11-22)18(21)19(24)23(20(21)25)15-7-6-13-4-2-3-5-14(13)12-15/h2-9,12,16-18H,10-11H2,1H3/t16-,17-,18-,21+/m1/s1. The van der Waals surface area contributed by atoms with Crippen LogP contribution in [0.5, 0.6) is 0 Å². The topological polar surface area (TPSA) is 37.4 Å². The molecule has 3 aliphatic carbocycles. The molecule has 2 bridgehead atoms. The van der Waals surface area contributed by atoms with Gasteiger partial charge in [-0.3, -0.25) is 9.59 Å². The molecular weight excluding hydrogens is 310 g/mol. The molecule has 1 aliphatic heterocycles. The van der Waals surface area contributed by atoms with Gasteiger partial charge in [0.25, 0.3) is 0 Å². The Morgan fingerprint density at radius 3 is 2.48 bits per heavy atom. The molecule has 1 spiro atoms. The molecule has 2 amide bonds. The number of hydrogen-bond donors (Lipinski definition) is 0. The minimum atomic E-state index is -0.557. The van der Waals surface area contributed by atoms with Crippen LogP contribution in [0.2, 0.25) is 0 Å². The second kappa shape index (κ2) is 4.04. The van der Waals surface area contributed by atoms with Crippen LogP contribution in [0.25, 0.3) is 10.8 Å². The van der Waals surface area contributed by atoms with Crippen molar-refractivity contribution in [2.75, 3.05) is 4.90 Å². The van der Waals surface area contributed by atoms with E-state index in [1.54, 1.807) is 0 Å². The number of allylic oxidation sites excluding steroid dienone is 2. The molecule has 6 rings (SSSR count). The van der Waals surface area contributed by atoms with Crippen molar-refractivity contribution in [1.82, 2.24) is 0 Å². The first-order valence-electron chi connectivity index (χ1n) is 9.13. The molecule has 3 fully saturated rings. The van der Waals surface area contributed by atoms with E-state index in [-0.39, 0.29) is 35.0 Å². The molecule has 0 unspecified atom stereocenters. The fourth-order valence-corrected chi connectivity index (χ4v) is 6.13. The third-order valence-corrected chi connectivity index (χ3v) is 7.41. The van der Waals surface area contributed by atoms with Gasteiger partial charge in [-0.1, -0.05) is 42.5 Å². The van der Waals surface area contributed by atoms with E-state index in [4.69, 9.17) is 0 Å². The zero-order valence-electron chi connectivity index (χ0n) is 14.1. The lowest BCUT2D eigenvalue weighted by atomic mass is 9.71. The zero-order valence-corrected chi connectivity index (χ0v) is 14.1. The highest BCUT2D eigenvalue weighted by molar-refractivity contribution is 6.25. The van der Waals surface area contributed by atoms with Crippen molar-refractivity contribution in [2.24, 2.45) is 28.6 Å². The molecule has 25 heavy (non-hydrogen) atoms. The van der Waals surface area contributed by atoms with Crippen LogP contribution in [0, 0.1) is 28.6 Å². The van der Waals surface area contributed by atoms with Gasteiger partial charge in [-0.05, 0) is 59.9 Å². The molecule has 2 aromatic rings. The average Bonchev–Trinajstić information content (AvgIpc) is 3.24. The third-order valence-electron chi connectivity index (χ3n) is 7.41. The lowest BCUT2D eigenvalue weighted by molar-refractivity contribution is -0.127. The van der Waals surface area contributed by atoms with E-state index >= 15 is 0 Å². The number of imide groups is 1. The summed E-state index contributed by atoms with van der Waals surface area (Å²) in [5.74, 6) is 0.317. The molecule has 4 aliphatic rings. The molecule has 4 atom stereocenters. The number of rotatable bonds is 1. The van der Waals surface area contributed by atoms with Gasteiger partial charge in [-0.25, -0.2) is 4.90 Å². The van der Waals surface area contributed by atoms with E-state index < -0.39 is 5.41 Å². The Kier molecular flexibility index (Phi) is 2.23. The highest BCUT2D eigenvalue weighted by Crippen LogP contribution is 2.77. The molecular formula is C22H19NO2. The van der Waals surface area contributed by atoms with E-state index in [1.807, 2.05) is 49.4 Å². The Hall–Kier alpha value is -2.42. The van der Waals surface area contributed by atoms with Crippen molar-refractivity contribution in [2.45, 2.75) is 19.8 Å². The second-order valence-electron chi connectivity index (χ2n) is 8.39. The molecule has 1 heterocycles. The molecule has 0 N–H and O–H groups in total. The van der Waals surface area contributed by atoms with Gasteiger partial charge < -0.3 is 0 Å². The zero-order chi connectivity index (χ0) is 17.0. The Morgan fingerprint density at radius 1 is 1.00 bits per heavy atom. The van der Waals surface area contributed by atoms with Crippen molar-refractivity contribution in [3.8, 4) is 0 Å². The summed E-state index contributed by atoms with van der Waals surface area (Å²) in [7, 11) is 0. The summed E-state index contributed by atoms with van der Waals surface area (Å²) in [6, 6.07) is 13.9. The Bertz CT molecular complexity index is 1000. The highest BCUT2D eigenvalue weighted by Gasteiger charge is 2.78. The summed E-state index contributed by atoms with van der Waals surface area (Å²) in [6.07, 6.45) is 6.78. The average molecular weight is 329 g/mol. The van der Waals surface area contributed by atoms with Gasteiger partial charge in [-0.2, -0.15) is 0 Å². The van der Waals surface area contributed by atoms with Crippen molar-refractivity contribution in [1.29, 1.82) is 0 Å². The number of carbonyl (C=O) groups is 2. The molecule has 2 saturated carbocycles. The Morgan fingerprint density at radius 2 is 1.76 bits per heavy atom. The van der Waals surface area contributed by atoms with E-state index in [1.165, 1.54) is 4.90 Å². The van der Waals surface area contributed by atoms with Gasteiger partial charge in [0.15, 0.2) is 0 Å². The van der Waals surface area contributed by atoms with Crippen LogP contribution >= 0.6 is 0 Å². The summed E-state index contributed by atoms with van der Waals surface area (Å²) < 4.78 is 0. The molecule has 1 saturated heterocycles. The van der Waals surface area contributed by atoms with Gasteiger partial charge in [0.2, 0.25) is 11.8 Å². The van der Waals surface area contributed by atoms with Crippen LogP contribution in [0.15, 0.2) is 54.6 Å². The van der Waals surface area contributed by atoms with Crippen molar-refractivity contribution < 1.29 is 9.59 Å².